The Bertz CT molecular complexity index is 95.2. The quantitative estimate of drug-likeness (QED) is 0.648. The Kier molecular flexibility index (Phi) is 6.45. The van der Waals surface area contributed by atoms with Gasteiger partial charge in [0.25, 0.3) is 0 Å². The van der Waals surface area contributed by atoms with Crippen LogP contribution in [-0.4, -0.2) is 13.6 Å². The van der Waals surface area contributed by atoms with Gasteiger partial charge >= 0.3 is 0 Å². The fourth-order valence-corrected chi connectivity index (χ4v) is 2.08. The molecule has 0 aromatic rings. The number of hydrogen-bond donors (Lipinski definition) is 1. The van der Waals surface area contributed by atoms with Gasteiger partial charge in [0.2, 0.25) is 0 Å². The van der Waals surface area contributed by atoms with Crippen molar-refractivity contribution in [3.05, 3.63) is 0 Å². The van der Waals surface area contributed by atoms with Crippen molar-refractivity contribution in [1.29, 1.82) is 0 Å². The predicted octanol–water partition coefficient (Wildman–Crippen LogP) is 2.91. The molecule has 12 heavy (non-hydrogen) atoms. The molecule has 0 spiro atoms. The summed E-state index contributed by atoms with van der Waals surface area (Å²) >= 11 is 0. The van der Waals surface area contributed by atoms with Crippen molar-refractivity contribution in [2.24, 2.45) is 17.8 Å². The summed E-state index contributed by atoms with van der Waals surface area (Å²) < 4.78 is 0. The standard InChI is InChI=1S/C11H25N/c1-6-10(7-2)11(8-12-5)9(3)4/h9-12H,6-8H2,1-5H3. The first-order valence-corrected chi connectivity index (χ1v) is 5.31. The molecule has 0 bridgehead atoms. The number of nitrogens with one attached hydrogen (secondary N) is 1. The molecular formula is C11H25N. The van der Waals surface area contributed by atoms with Crippen LogP contribution in [0.3, 0.4) is 0 Å². The highest BCUT2D eigenvalue weighted by Gasteiger charge is 2.20. The van der Waals surface area contributed by atoms with E-state index in [2.05, 4.69) is 40.1 Å². The van der Waals surface area contributed by atoms with Gasteiger partial charge in [-0.2, -0.15) is 0 Å². The van der Waals surface area contributed by atoms with Crippen LogP contribution in [0.15, 0.2) is 0 Å². The van der Waals surface area contributed by atoms with Gasteiger partial charge in [-0.15, -0.1) is 0 Å². The van der Waals surface area contributed by atoms with Gasteiger partial charge in [0.05, 0.1) is 0 Å². The zero-order valence-electron chi connectivity index (χ0n) is 9.35. The van der Waals surface area contributed by atoms with E-state index in [0.717, 1.165) is 17.8 Å². The number of rotatable bonds is 6. The Morgan fingerprint density at radius 2 is 1.58 bits per heavy atom. The van der Waals surface area contributed by atoms with Crippen LogP contribution in [0.25, 0.3) is 0 Å². The van der Waals surface area contributed by atoms with E-state index in [-0.39, 0.29) is 0 Å². The summed E-state index contributed by atoms with van der Waals surface area (Å²) in [5, 5.41) is 3.30. The highest BCUT2D eigenvalue weighted by Crippen LogP contribution is 2.25. The van der Waals surface area contributed by atoms with E-state index < -0.39 is 0 Å². The Morgan fingerprint density at radius 1 is 1.08 bits per heavy atom. The normalized spacial score (nSPS) is 14.2. The predicted molar refractivity (Wildman–Crippen MR) is 56.3 cm³/mol. The maximum absolute atomic E-state index is 3.30. The number of hydrogen-bond acceptors (Lipinski definition) is 1. The van der Waals surface area contributed by atoms with Crippen molar-refractivity contribution in [2.45, 2.75) is 40.5 Å². The summed E-state index contributed by atoms with van der Waals surface area (Å²) in [5.74, 6) is 2.56. The zero-order valence-corrected chi connectivity index (χ0v) is 9.35. The van der Waals surface area contributed by atoms with Crippen LogP contribution in [0.4, 0.5) is 0 Å². The fourth-order valence-electron chi connectivity index (χ4n) is 2.08. The molecule has 0 fully saturated rings. The van der Waals surface area contributed by atoms with Gasteiger partial charge in [0.15, 0.2) is 0 Å². The molecule has 0 aromatic carbocycles. The minimum absolute atomic E-state index is 0.808. The van der Waals surface area contributed by atoms with E-state index in [1.165, 1.54) is 19.4 Å². The molecule has 0 rings (SSSR count). The zero-order chi connectivity index (χ0) is 9.56. The summed E-state index contributed by atoms with van der Waals surface area (Å²) in [7, 11) is 2.05. The van der Waals surface area contributed by atoms with E-state index in [1.54, 1.807) is 0 Å². The SMILES string of the molecule is CCC(CC)C(CNC)C(C)C. The van der Waals surface area contributed by atoms with Gasteiger partial charge in [-0.1, -0.05) is 40.5 Å². The summed E-state index contributed by atoms with van der Waals surface area (Å²) in [6, 6.07) is 0. The maximum atomic E-state index is 3.30. The molecule has 0 aromatic heterocycles. The second kappa shape index (κ2) is 6.47. The minimum atomic E-state index is 0.808. The van der Waals surface area contributed by atoms with Crippen molar-refractivity contribution >= 4 is 0 Å². The van der Waals surface area contributed by atoms with Gasteiger partial charge in [0.1, 0.15) is 0 Å². The lowest BCUT2D eigenvalue weighted by Crippen LogP contribution is -2.29. The van der Waals surface area contributed by atoms with Crippen LogP contribution < -0.4 is 5.32 Å². The average molecular weight is 171 g/mol. The van der Waals surface area contributed by atoms with Gasteiger partial charge in [-0.05, 0) is 31.3 Å². The van der Waals surface area contributed by atoms with E-state index in [0.29, 0.717) is 0 Å². The lowest BCUT2D eigenvalue weighted by Gasteiger charge is -2.28. The van der Waals surface area contributed by atoms with Crippen molar-refractivity contribution < 1.29 is 0 Å². The van der Waals surface area contributed by atoms with E-state index >= 15 is 0 Å². The first-order chi connectivity index (χ1) is 5.67. The average Bonchev–Trinajstić information content (AvgIpc) is 2.05. The third kappa shape index (κ3) is 3.57. The largest absolute Gasteiger partial charge is 0.319 e. The van der Waals surface area contributed by atoms with Crippen LogP contribution in [0.2, 0.25) is 0 Å². The van der Waals surface area contributed by atoms with Crippen molar-refractivity contribution in [3.8, 4) is 0 Å². The molecule has 0 saturated heterocycles. The molecule has 74 valence electrons. The molecule has 0 aliphatic heterocycles. The maximum Gasteiger partial charge on any atom is -0.00184 e. The van der Waals surface area contributed by atoms with Gasteiger partial charge < -0.3 is 5.32 Å². The first kappa shape index (κ1) is 12.0. The third-order valence-corrected chi connectivity index (χ3v) is 2.95. The fraction of sp³-hybridized carbons (Fsp3) is 1.00. The summed E-state index contributed by atoms with van der Waals surface area (Å²) in [6.07, 6.45) is 2.64. The van der Waals surface area contributed by atoms with Gasteiger partial charge in [0, 0.05) is 0 Å². The van der Waals surface area contributed by atoms with E-state index in [1.807, 2.05) is 0 Å². The first-order valence-electron chi connectivity index (χ1n) is 5.31. The van der Waals surface area contributed by atoms with Crippen molar-refractivity contribution in [2.75, 3.05) is 13.6 Å². The summed E-state index contributed by atoms with van der Waals surface area (Å²) in [6.45, 7) is 10.4. The Hall–Kier alpha value is -0.0400. The van der Waals surface area contributed by atoms with Gasteiger partial charge in [-0.3, -0.25) is 0 Å². The topological polar surface area (TPSA) is 12.0 Å². The molecule has 0 aliphatic rings. The van der Waals surface area contributed by atoms with Crippen LogP contribution in [-0.2, 0) is 0 Å². The monoisotopic (exact) mass is 171 g/mol. The van der Waals surface area contributed by atoms with Crippen molar-refractivity contribution in [3.63, 3.8) is 0 Å². The van der Waals surface area contributed by atoms with Crippen LogP contribution in [0, 0.1) is 17.8 Å². The highest BCUT2D eigenvalue weighted by atomic mass is 14.8. The van der Waals surface area contributed by atoms with Crippen molar-refractivity contribution in [1.82, 2.24) is 5.32 Å². The molecule has 0 aliphatic carbocycles. The molecule has 0 heterocycles. The molecule has 0 amide bonds. The Labute approximate surface area is 77.9 Å². The smallest absolute Gasteiger partial charge is 0.00184 e. The lowest BCUT2D eigenvalue weighted by molar-refractivity contribution is 0.235. The molecule has 1 N–H and O–H groups in total. The van der Waals surface area contributed by atoms with Crippen LogP contribution >= 0.6 is 0 Å². The Balaban J connectivity index is 4.05. The van der Waals surface area contributed by atoms with Gasteiger partial charge in [-0.25, -0.2) is 0 Å². The minimum Gasteiger partial charge on any atom is -0.319 e. The third-order valence-electron chi connectivity index (χ3n) is 2.95. The summed E-state index contributed by atoms with van der Waals surface area (Å²) in [4.78, 5) is 0. The highest BCUT2D eigenvalue weighted by molar-refractivity contribution is 4.72. The second-order valence-electron chi connectivity index (χ2n) is 4.04. The van der Waals surface area contributed by atoms with Crippen LogP contribution in [0.1, 0.15) is 40.5 Å². The molecule has 1 unspecified atom stereocenters. The summed E-state index contributed by atoms with van der Waals surface area (Å²) in [5.41, 5.74) is 0. The molecule has 1 heteroatoms. The molecule has 0 saturated carbocycles. The molecule has 1 nitrogen and oxygen atoms in total. The van der Waals surface area contributed by atoms with E-state index in [9.17, 15) is 0 Å². The molecular weight excluding hydrogens is 146 g/mol. The molecule has 0 radical (unpaired) electrons. The lowest BCUT2D eigenvalue weighted by atomic mass is 9.80. The molecule has 1 atom stereocenters. The second-order valence-corrected chi connectivity index (χ2v) is 4.04. The Morgan fingerprint density at radius 3 is 1.83 bits per heavy atom. The van der Waals surface area contributed by atoms with Crippen LogP contribution in [0.5, 0.6) is 0 Å². The van der Waals surface area contributed by atoms with E-state index in [4.69, 9.17) is 0 Å².